The smallest absolute Gasteiger partial charge is 0.334 e. The molecule has 2 aliphatic rings. The summed E-state index contributed by atoms with van der Waals surface area (Å²) in [5.74, 6) is 0.103. The highest BCUT2D eigenvalue weighted by Crippen LogP contribution is 2.44. The summed E-state index contributed by atoms with van der Waals surface area (Å²) in [6.45, 7) is 0. The molecule has 1 saturated carbocycles. The average molecular weight is 282 g/mol. The van der Waals surface area contributed by atoms with E-state index in [1.165, 1.54) is 18.2 Å². The number of allylic oxidation sites excluding steroid dienone is 3. The summed E-state index contributed by atoms with van der Waals surface area (Å²) in [6, 6.07) is 10.2. The van der Waals surface area contributed by atoms with Crippen molar-refractivity contribution in [3.63, 3.8) is 0 Å². The summed E-state index contributed by atoms with van der Waals surface area (Å²) in [6.07, 6.45) is 5.68. The number of hydrogen-bond acceptors (Lipinski definition) is 3. The summed E-state index contributed by atoms with van der Waals surface area (Å²) in [4.78, 5) is 23.8. The molecule has 0 N–H and O–H groups in total. The van der Waals surface area contributed by atoms with Crippen LogP contribution in [0.1, 0.15) is 24.8 Å². The van der Waals surface area contributed by atoms with Crippen molar-refractivity contribution in [1.29, 1.82) is 0 Å². The van der Waals surface area contributed by atoms with Crippen LogP contribution in [0.2, 0.25) is 0 Å². The van der Waals surface area contributed by atoms with Crippen molar-refractivity contribution >= 4 is 17.3 Å². The number of ether oxygens (including phenoxy) is 1. The molecule has 2 atom stereocenters. The van der Waals surface area contributed by atoms with Gasteiger partial charge in [0, 0.05) is 24.3 Å². The summed E-state index contributed by atoms with van der Waals surface area (Å²) >= 11 is 0. The molecule has 0 aromatic heterocycles. The van der Waals surface area contributed by atoms with E-state index in [4.69, 9.17) is 4.74 Å². The minimum Gasteiger partial charge on any atom is -0.466 e. The molecule has 3 rings (SSSR count). The third-order valence-corrected chi connectivity index (χ3v) is 4.44. The lowest BCUT2D eigenvalue weighted by Gasteiger charge is -2.36. The van der Waals surface area contributed by atoms with Crippen LogP contribution in [-0.4, -0.2) is 18.9 Å². The van der Waals surface area contributed by atoms with E-state index >= 15 is 0 Å². The molecule has 0 heterocycles. The van der Waals surface area contributed by atoms with Crippen molar-refractivity contribution in [2.24, 2.45) is 11.8 Å². The Hall–Kier alpha value is -2.16. The molecule has 0 aliphatic heterocycles. The van der Waals surface area contributed by atoms with Crippen LogP contribution in [0.25, 0.3) is 5.57 Å². The van der Waals surface area contributed by atoms with Gasteiger partial charge in [-0.2, -0.15) is 0 Å². The van der Waals surface area contributed by atoms with E-state index < -0.39 is 0 Å². The van der Waals surface area contributed by atoms with Crippen LogP contribution in [0.15, 0.2) is 48.1 Å². The van der Waals surface area contributed by atoms with E-state index in [2.05, 4.69) is 12.1 Å². The third kappa shape index (κ3) is 2.56. The van der Waals surface area contributed by atoms with Crippen LogP contribution in [-0.2, 0) is 14.3 Å². The first-order valence-electron chi connectivity index (χ1n) is 7.28. The zero-order valence-electron chi connectivity index (χ0n) is 12.0. The monoisotopic (exact) mass is 282 g/mol. The second-order valence-electron chi connectivity index (χ2n) is 5.60. The van der Waals surface area contributed by atoms with Gasteiger partial charge in [-0.15, -0.1) is 0 Å². The summed E-state index contributed by atoms with van der Waals surface area (Å²) in [7, 11) is 1.39. The number of fused-ring (bicyclic) bond motifs is 1. The van der Waals surface area contributed by atoms with Gasteiger partial charge in [-0.25, -0.2) is 4.79 Å². The van der Waals surface area contributed by atoms with Gasteiger partial charge in [0.25, 0.3) is 0 Å². The summed E-state index contributed by atoms with van der Waals surface area (Å²) in [5.41, 5.74) is 3.03. The van der Waals surface area contributed by atoms with E-state index in [-0.39, 0.29) is 23.6 Å². The molecule has 0 amide bonds. The fourth-order valence-electron chi connectivity index (χ4n) is 3.41. The van der Waals surface area contributed by atoms with Crippen molar-refractivity contribution in [2.45, 2.75) is 19.3 Å². The maximum absolute atomic E-state index is 11.9. The fraction of sp³-hybridized carbons (Fsp3) is 0.333. The molecule has 1 aromatic carbocycles. The lowest BCUT2D eigenvalue weighted by Crippen LogP contribution is -2.32. The first kappa shape index (κ1) is 13.8. The van der Waals surface area contributed by atoms with E-state index in [0.717, 1.165) is 6.42 Å². The molecular weight excluding hydrogens is 264 g/mol. The summed E-state index contributed by atoms with van der Waals surface area (Å²) < 4.78 is 4.87. The molecule has 0 saturated heterocycles. The Labute approximate surface area is 124 Å². The van der Waals surface area contributed by atoms with Crippen molar-refractivity contribution in [1.82, 2.24) is 0 Å². The van der Waals surface area contributed by atoms with Crippen molar-refractivity contribution in [3.8, 4) is 0 Å². The number of Topliss-reactive ketones (excluding diaryl/α,β-unsaturated/α-hetero) is 1. The van der Waals surface area contributed by atoms with Gasteiger partial charge in [0.05, 0.1) is 7.11 Å². The zero-order valence-corrected chi connectivity index (χ0v) is 12.0. The van der Waals surface area contributed by atoms with Gasteiger partial charge >= 0.3 is 5.97 Å². The second kappa shape index (κ2) is 5.68. The van der Waals surface area contributed by atoms with Crippen LogP contribution in [0.5, 0.6) is 0 Å². The standard InChI is InChI=1S/C18H18O3/c1-21-18(20)16-10-9-14(12-5-3-2-4-6-12)15-8-7-13(19)11-17(15)16/h2-6,9-10,15,17H,7-8,11H2,1H3/t15-,17-/m1/s1. The predicted octanol–water partition coefficient (Wildman–Crippen LogP) is 3.17. The highest BCUT2D eigenvalue weighted by atomic mass is 16.5. The number of hydrogen-bond donors (Lipinski definition) is 0. The highest BCUT2D eigenvalue weighted by Gasteiger charge is 2.38. The van der Waals surface area contributed by atoms with Gasteiger partial charge in [0.15, 0.2) is 0 Å². The Kier molecular flexibility index (Phi) is 3.74. The molecule has 21 heavy (non-hydrogen) atoms. The van der Waals surface area contributed by atoms with Crippen molar-refractivity contribution in [3.05, 3.63) is 53.6 Å². The molecule has 3 nitrogen and oxygen atoms in total. The highest BCUT2D eigenvalue weighted by molar-refractivity contribution is 5.94. The number of ketones is 1. The molecule has 2 aliphatic carbocycles. The fourth-order valence-corrected chi connectivity index (χ4v) is 3.41. The maximum atomic E-state index is 11.9. The van der Waals surface area contributed by atoms with Crippen LogP contribution >= 0.6 is 0 Å². The Balaban J connectivity index is 2.02. The minimum absolute atomic E-state index is 0.0427. The normalized spacial score (nSPS) is 24.7. The van der Waals surface area contributed by atoms with Crippen LogP contribution < -0.4 is 0 Å². The van der Waals surface area contributed by atoms with Gasteiger partial charge in [-0.3, -0.25) is 4.79 Å². The third-order valence-electron chi connectivity index (χ3n) is 4.44. The Morgan fingerprint density at radius 1 is 1.14 bits per heavy atom. The Morgan fingerprint density at radius 2 is 1.90 bits per heavy atom. The summed E-state index contributed by atoms with van der Waals surface area (Å²) in [5, 5.41) is 0. The van der Waals surface area contributed by atoms with E-state index in [0.29, 0.717) is 18.4 Å². The van der Waals surface area contributed by atoms with E-state index in [9.17, 15) is 9.59 Å². The topological polar surface area (TPSA) is 43.4 Å². The molecule has 3 heteroatoms. The predicted molar refractivity (Wildman–Crippen MR) is 80.4 cm³/mol. The molecule has 1 aromatic rings. The molecular formula is C18H18O3. The number of rotatable bonds is 2. The molecule has 0 unspecified atom stereocenters. The second-order valence-corrected chi connectivity index (χ2v) is 5.60. The Morgan fingerprint density at radius 3 is 2.62 bits per heavy atom. The number of methoxy groups -OCH3 is 1. The van der Waals surface area contributed by atoms with Crippen molar-refractivity contribution in [2.75, 3.05) is 7.11 Å². The van der Waals surface area contributed by atoms with Crippen LogP contribution in [0.3, 0.4) is 0 Å². The van der Waals surface area contributed by atoms with E-state index in [1.54, 1.807) is 0 Å². The zero-order chi connectivity index (χ0) is 14.8. The molecule has 1 fully saturated rings. The van der Waals surface area contributed by atoms with Gasteiger partial charge in [-0.1, -0.05) is 42.5 Å². The van der Waals surface area contributed by atoms with E-state index in [1.807, 2.05) is 30.4 Å². The Bertz CT molecular complexity index is 625. The first-order chi connectivity index (χ1) is 10.2. The number of benzene rings is 1. The lowest BCUT2D eigenvalue weighted by atomic mass is 9.67. The van der Waals surface area contributed by atoms with Crippen molar-refractivity contribution < 1.29 is 14.3 Å². The largest absolute Gasteiger partial charge is 0.466 e. The van der Waals surface area contributed by atoms with Crippen LogP contribution in [0.4, 0.5) is 0 Å². The van der Waals surface area contributed by atoms with Gasteiger partial charge in [0.1, 0.15) is 5.78 Å². The van der Waals surface area contributed by atoms with Gasteiger partial charge in [-0.05, 0) is 23.5 Å². The molecule has 0 spiro atoms. The number of esters is 1. The van der Waals surface area contributed by atoms with Gasteiger partial charge in [0.2, 0.25) is 0 Å². The minimum atomic E-state index is -0.317. The first-order valence-corrected chi connectivity index (χ1v) is 7.28. The SMILES string of the molecule is COC(=O)C1=CC=C(c2ccccc2)[C@H]2CCC(=O)C[C@@H]12. The number of carbonyl (C=O) groups is 2. The van der Waals surface area contributed by atoms with Gasteiger partial charge < -0.3 is 4.74 Å². The quantitative estimate of drug-likeness (QED) is 0.783. The molecule has 108 valence electrons. The molecule has 0 radical (unpaired) electrons. The van der Waals surface area contributed by atoms with Crippen LogP contribution in [0, 0.1) is 11.8 Å². The lowest BCUT2D eigenvalue weighted by molar-refractivity contribution is -0.137. The average Bonchev–Trinajstić information content (AvgIpc) is 2.53. The maximum Gasteiger partial charge on any atom is 0.334 e. The number of carbonyl (C=O) groups excluding carboxylic acids is 2. The molecule has 0 bridgehead atoms.